The summed E-state index contributed by atoms with van der Waals surface area (Å²) in [5, 5.41) is 7.54. The normalized spacial score (nSPS) is 10.3. The van der Waals surface area contributed by atoms with Crippen molar-refractivity contribution in [1.29, 1.82) is 0 Å². The minimum Gasteiger partial charge on any atom is -0.497 e. The van der Waals surface area contributed by atoms with Gasteiger partial charge in [0.2, 0.25) is 0 Å². The average Bonchev–Trinajstić information content (AvgIpc) is 2.55. The van der Waals surface area contributed by atoms with Gasteiger partial charge in [0.25, 0.3) is 0 Å². The van der Waals surface area contributed by atoms with Gasteiger partial charge in [0.1, 0.15) is 11.5 Å². The third kappa shape index (κ3) is 4.46. The van der Waals surface area contributed by atoms with Gasteiger partial charge in [-0.05, 0) is 42.5 Å². The van der Waals surface area contributed by atoms with E-state index in [0.29, 0.717) is 10.9 Å². The van der Waals surface area contributed by atoms with Gasteiger partial charge in [-0.1, -0.05) is 18.2 Å². The predicted molar refractivity (Wildman–Crippen MR) is 92.9 cm³/mol. The lowest BCUT2D eigenvalue weighted by molar-refractivity contribution is 0.402. The molecule has 0 saturated carbocycles. The van der Waals surface area contributed by atoms with Crippen LogP contribution in [0.5, 0.6) is 11.5 Å². The highest BCUT2D eigenvalue weighted by Gasteiger charge is 2.02. The maximum Gasteiger partial charge on any atom is 0.191 e. The summed E-state index contributed by atoms with van der Waals surface area (Å²) in [4.78, 5) is 0. The van der Waals surface area contributed by atoms with E-state index in [2.05, 4.69) is 15.8 Å². The van der Waals surface area contributed by atoms with Crippen molar-refractivity contribution in [3.05, 3.63) is 54.1 Å². The van der Waals surface area contributed by atoms with E-state index in [1.807, 2.05) is 48.5 Å². The third-order valence-corrected chi connectivity index (χ3v) is 3.03. The molecule has 2 aromatic rings. The van der Waals surface area contributed by atoms with Gasteiger partial charge in [0, 0.05) is 11.3 Å². The van der Waals surface area contributed by atoms with E-state index in [-0.39, 0.29) is 0 Å². The van der Waals surface area contributed by atoms with Crippen LogP contribution in [0.1, 0.15) is 5.56 Å². The fourth-order valence-electron chi connectivity index (χ4n) is 1.78. The fourth-order valence-corrected chi connectivity index (χ4v) is 1.95. The number of hydrogen-bond donors (Lipinski definition) is 2. The van der Waals surface area contributed by atoms with E-state index in [1.54, 1.807) is 20.4 Å². The molecule has 0 heterocycles. The lowest BCUT2D eigenvalue weighted by atomic mass is 10.2. The van der Waals surface area contributed by atoms with Crippen molar-refractivity contribution >= 4 is 29.2 Å². The first-order chi connectivity index (χ1) is 10.7. The summed E-state index contributed by atoms with van der Waals surface area (Å²) in [6, 6.07) is 15.1. The molecule has 0 aliphatic heterocycles. The first kappa shape index (κ1) is 15.8. The first-order valence-electron chi connectivity index (χ1n) is 6.60. The van der Waals surface area contributed by atoms with Gasteiger partial charge in [-0.25, -0.2) is 0 Å². The highest BCUT2D eigenvalue weighted by atomic mass is 32.1. The molecule has 0 unspecified atom stereocenters. The van der Waals surface area contributed by atoms with Crippen LogP contribution in [0.25, 0.3) is 0 Å². The Kier molecular flexibility index (Phi) is 5.73. The number of methoxy groups -OCH3 is 2. The molecule has 0 atom stereocenters. The number of benzene rings is 2. The Morgan fingerprint density at radius 2 is 1.86 bits per heavy atom. The second-order valence-electron chi connectivity index (χ2n) is 4.30. The first-order valence-corrected chi connectivity index (χ1v) is 7.01. The van der Waals surface area contributed by atoms with Crippen molar-refractivity contribution in [3.8, 4) is 11.5 Å². The standard InChI is InChI=1S/C16H17N3O2S/c1-20-14-8-9-15(21-2)12(10-14)11-17-19-16(22)18-13-6-4-3-5-7-13/h3-11H,1-2H3,(H2,18,19,22)/b17-11-. The average molecular weight is 315 g/mol. The maximum absolute atomic E-state index is 5.27. The predicted octanol–water partition coefficient (Wildman–Crippen LogP) is 3.02. The number of anilines is 1. The summed E-state index contributed by atoms with van der Waals surface area (Å²) in [6.07, 6.45) is 1.63. The van der Waals surface area contributed by atoms with Gasteiger partial charge in [0.05, 0.1) is 20.4 Å². The summed E-state index contributed by atoms with van der Waals surface area (Å²) >= 11 is 5.17. The molecule has 0 saturated heterocycles. The monoisotopic (exact) mass is 315 g/mol. The molecule has 114 valence electrons. The molecular formula is C16H17N3O2S. The molecule has 2 rings (SSSR count). The SMILES string of the molecule is COc1ccc(OC)c(/C=N\NC(=S)Nc2ccccc2)c1. The largest absolute Gasteiger partial charge is 0.497 e. The molecule has 22 heavy (non-hydrogen) atoms. The smallest absolute Gasteiger partial charge is 0.191 e. The van der Waals surface area contributed by atoms with Crippen LogP contribution in [0.2, 0.25) is 0 Å². The van der Waals surface area contributed by atoms with Gasteiger partial charge < -0.3 is 14.8 Å². The van der Waals surface area contributed by atoms with Crippen LogP contribution in [0.4, 0.5) is 5.69 Å². The molecule has 6 heteroatoms. The van der Waals surface area contributed by atoms with Crippen molar-refractivity contribution < 1.29 is 9.47 Å². The van der Waals surface area contributed by atoms with Gasteiger partial charge in [-0.3, -0.25) is 5.43 Å². The lowest BCUT2D eigenvalue weighted by Gasteiger charge is -2.08. The van der Waals surface area contributed by atoms with Gasteiger partial charge in [-0.2, -0.15) is 5.10 Å². The molecule has 5 nitrogen and oxygen atoms in total. The van der Waals surface area contributed by atoms with Crippen LogP contribution in [0, 0.1) is 0 Å². The third-order valence-electron chi connectivity index (χ3n) is 2.84. The topological polar surface area (TPSA) is 54.9 Å². The number of para-hydroxylation sites is 1. The van der Waals surface area contributed by atoms with Crippen molar-refractivity contribution in [1.82, 2.24) is 5.43 Å². The van der Waals surface area contributed by atoms with Gasteiger partial charge >= 0.3 is 0 Å². The van der Waals surface area contributed by atoms with E-state index in [9.17, 15) is 0 Å². The lowest BCUT2D eigenvalue weighted by Crippen LogP contribution is -2.23. The van der Waals surface area contributed by atoms with Crippen LogP contribution >= 0.6 is 12.2 Å². The maximum atomic E-state index is 5.27. The molecule has 0 fully saturated rings. The van der Waals surface area contributed by atoms with E-state index in [0.717, 1.165) is 17.0 Å². The highest BCUT2D eigenvalue weighted by Crippen LogP contribution is 2.22. The molecule has 0 amide bonds. The molecule has 0 spiro atoms. The Morgan fingerprint density at radius 1 is 1.09 bits per heavy atom. The number of ether oxygens (including phenoxy) is 2. The Hall–Kier alpha value is -2.60. The van der Waals surface area contributed by atoms with Crippen LogP contribution < -0.4 is 20.2 Å². The van der Waals surface area contributed by atoms with Gasteiger partial charge in [-0.15, -0.1) is 0 Å². The zero-order chi connectivity index (χ0) is 15.8. The van der Waals surface area contributed by atoms with E-state index >= 15 is 0 Å². The summed E-state index contributed by atoms with van der Waals surface area (Å²) < 4.78 is 10.5. The van der Waals surface area contributed by atoms with E-state index < -0.39 is 0 Å². The zero-order valence-electron chi connectivity index (χ0n) is 12.4. The summed E-state index contributed by atoms with van der Waals surface area (Å²) in [6.45, 7) is 0. The molecule has 0 aromatic heterocycles. The van der Waals surface area contributed by atoms with Crippen LogP contribution in [0.3, 0.4) is 0 Å². The van der Waals surface area contributed by atoms with Gasteiger partial charge in [0.15, 0.2) is 5.11 Å². The molecule has 2 N–H and O–H groups in total. The van der Waals surface area contributed by atoms with Crippen LogP contribution in [-0.2, 0) is 0 Å². The second kappa shape index (κ2) is 7.99. The summed E-state index contributed by atoms with van der Waals surface area (Å²) in [5.74, 6) is 1.43. The number of rotatable bonds is 5. The molecule has 2 aromatic carbocycles. The van der Waals surface area contributed by atoms with Crippen LogP contribution in [0.15, 0.2) is 53.6 Å². The zero-order valence-corrected chi connectivity index (χ0v) is 13.2. The quantitative estimate of drug-likeness (QED) is 0.505. The minimum atomic E-state index is 0.407. The number of hydrogen-bond acceptors (Lipinski definition) is 4. The highest BCUT2D eigenvalue weighted by molar-refractivity contribution is 7.80. The van der Waals surface area contributed by atoms with Crippen molar-refractivity contribution in [3.63, 3.8) is 0 Å². The molecule has 0 aliphatic rings. The van der Waals surface area contributed by atoms with E-state index in [4.69, 9.17) is 21.7 Å². The molecule has 0 bridgehead atoms. The number of hydrazone groups is 1. The Bertz CT molecular complexity index is 660. The molecular weight excluding hydrogens is 298 g/mol. The summed E-state index contributed by atoms with van der Waals surface area (Å²) in [7, 11) is 3.22. The minimum absolute atomic E-state index is 0.407. The van der Waals surface area contributed by atoms with Crippen molar-refractivity contribution in [2.45, 2.75) is 0 Å². The number of nitrogens with one attached hydrogen (secondary N) is 2. The molecule has 0 radical (unpaired) electrons. The van der Waals surface area contributed by atoms with Crippen LogP contribution in [-0.4, -0.2) is 25.5 Å². The van der Waals surface area contributed by atoms with Crippen molar-refractivity contribution in [2.24, 2.45) is 5.10 Å². The Balaban J connectivity index is 1.98. The number of nitrogens with zero attached hydrogens (tertiary/aromatic N) is 1. The van der Waals surface area contributed by atoms with E-state index in [1.165, 1.54) is 0 Å². The summed E-state index contributed by atoms with van der Waals surface area (Å²) in [5.41, 5.74) is 4.45. The number of thiocarbonyl (C=S) groups is 1. The molecule has 0 aliphatic carbocycles. The fraction of sp³-hybridized carbons (Fsp3) is 0.125. The van der Waals surface area contributed by atoms with Crippen molar-refractivity contribution in [2.75, 3.05) is 19.5 Å². The second-order valence-corrected chi connectivity index (χ2v) is 4.71. The Labute approximate surface area is 134 Å². The Morgan fingerprint density at radius 3 is 2.55 bits per heavy atom.